The summed E-state index contributed by atoms with van der Waals surface area (Å²) in [5.41, 5.74) is 6.08. The molecule has 20 heavy (non-hydrogen) atoms. The van der Waals surface area contributed by atoms with Gasteiger partial charge in [-0.2, -0.15) is 0 Å². The van der Waals surface area contributed by atoms with Crippen LogP contribution in [0.15, 0.2) is 46.9 Å². The second-order valence-electron chi connectivity index (χ2n) is 4.76. The smallest absolute Gasteiger partial charge is 0.137 e. The molecule has 106 valence electrons. The second-order valence-corrected chi connectivity index (χ2v) is 5.62. The molecule has 2 nitrogen and oxygen atoms in total. The highest BCUT2D eigenvalue weighted by atomic mass is 79.9. The van der Waals surface area contributed by atoms with Crippen molar-refractivity contribution in [3.63, 3.8) is 0 Å². The van der Waals surface area contributed by atoms with Gasteiger partial charge < -0.3 is 0 Å². The standard InChI is InChI=1S/C16H18BrFN2/c1-2-3-11-4-6-12(7-5-11)16(20-19)13-8-9-15(18)14(17)10-13/h4-10,16,20H,2-3,19H2,1H3. The van der Waals surface area contributed by atoms with E-state index in [1.54, 1.807) is 12.1 Å². The van der Waals surface area contributed by atoms with Crippen LogP contribution in [0.2, 0.25) is 0 Å². The summed E-state index contributed by atoms with van der Waals surface area (Å²) in [6.07, 6.45) is 2.20. The molecule has 0 aliphatic rings. The van der Waals surface area contributed by atoms with E-state index < -0.39 is 0 Å². The molecule has 2 aromatic rings. The number of nitrogens with two attached hydrogens (primary N) is 1. The van der Waals surface area contributed by atoms with Gasteiger partial charge in [0.05, 0.1) is 10.5 Å². The normalized spacial score (nSPS) is 12.4. The highest BCUT2D eigenvalue weighted by Gasteiger charge is 2.13. The third kappa shape index (κ3) is 3.45. The first kappa shape index (κ1) is 15.2. The summed E-state index contributed by atoms with van der Waals surface area (Å²) in [5.74, 6) is 5.39. The maximum atomic E-state index is 13.3. The lowest BCUT2D eigenvalue weighted by Gasteiger charge is -2.17. The molecule has 4 heteroatoms. The highest BCUT2D eigenvalue weighted by Crippen LogP contribution is 2.26. The van der Waals surface area contributed by atoms with E-state index in [-0.39, 0.29) is 11.9 Å². The minimum Gasteiger partial charge on any atom is -0.271 e. The SMILES string of the molecule is CCCc1ccc(C(NN)c2ccc(F)c(Br)c2)cc1. The fourth-order valence-electron chi connectivity index (χ4n) is 2.24. The first-order chi connectivity index (χ1) is 9.65. The Hall–Kier alpha value is -1.23. The van der Waals surface area contributed by atoms with Crippen molar-refractivity contribution in [1.29, 1.82) is 0 Å². The number of halogens is 2. The van der Waals surface area contributed by atoms with Crippen LogP contribution in [0.25, 0.3) is 0 Å². The van der Waals surface area contributed by atoms with Gasteiger partial charge in [-0.15, -0.1) is 0 Å². The minimum absolute atomic E-state index is 0.150. The van der Waals surface area contributed by atoms with Crippen LogP contribution in [0, 0.1) is 5.82 Å². The number of rotatable bonds is 5. The van der Waals surface area contributed by atoms with E-state index in [0.29, 0.717) is 4.47 Å². The van der Waals surface area contributed by atoms with Gasteiger partial charge in [-0.1, -0.05) is 43.7 Å². The molecule has 0 amide bonds. The zero-order valence-corrected chi connectivity index (χ0v) is 13.0. The molecule has 2 rings (SSSR count). The van der Waals surface area contributed by atoms with Crippen molar-refractivity contribution in [3.8, 4) is 0 Å². The quantitative estimate of drug-likeness (QED) is 0.637. The van der Waals surface area contributed by atoms with Crippen LogP contribution in [0.4, 0.5) is 4.39 Å². The topological polar surface area (TPSA) is 38.0 Å². The maximum Gasteiger partial charge on any atom is 0.137 e. The van der Waals surface area contributed by atoms with Crippen LogP contribution in [-0.2, 0) is 6.42 Å². The van der Waals surface area contributed by atoms with Crippen LogP contribution < -0.4 is 11.3 Å². The molecule has 0 aromatic heterocycles. The molecule has 0 saturated carbocycles. The molecule has 0 heterocycles. The van der Waals surface area contributed by atoms with Gasteiger partial charge in [0.2, 0.25) is 0 Å². The monoisotopic (exact) mass is 336 g/mol. The molecule has 0 saturated heterocycles. The van der Waals surface area contributed by atoms with E-state index in [0.717, 1.165) is 24.0 Å². The Morgan fingerprint density at radius 2 is 1.80 bits per heavy atom. The fourth-order valence-corrected chi connectivity index (χ4v) is 2.64. The predicted molar refractivity (Wildman–Crippen MR) is 83.7 cm³/mol. The molecule has 0 fully saturated rings. The Bertz CT molecular complexity index is 569. The lowest BCUT2D eigenvalue weighted by molar-refractivity contribution is 0.610. The Kier molecular flexibility index (Phi) is 5.29. The van der Waals surface area contributed by atoms with Gasteiger partial charge in [0.1, 0.15) is 5.82 Å². The lowest BCUT2D eigenvalue weighted by Crippen LogP contribution is -2.28. The predicted octanol–water partition coefficient (Wildman–Crippen LogP) is 4.09. The van der Waals surface area contributed by atoms with E-state index in [2.05, 4.69) is 52.5 Å². The van der Waals surface area contributed by atoms with Crippen LogP contribution in [-0.4, -0.2) is 0 Å². The molecule has 2 aromatic carbocycles. The molecule has 0 aliphatic heterocycles. The van der Waals surface area contributed by atoms with Crippen molar-refractivity contribution >= 4 is 15.9 Å². The van der Waals surface area contributed by atoms with Crippen LogP contribution in [0.1, 0.15) is 36.1 Å². The maximum absolute atomic E-state index is 13.3. The van der Waals surface area contributed by atoms with Crippen LogP contribution in [0.5, 0.6) is 0 Å². The van der Waals surface area contributed by atoms with Crippen molar-refractivity contribution in [2.24, 2.45) is 5.84 Å². The van der Waals surface area contributed by atoms with E-state index >= 15 is 0 Å². The summed E-state index contributed by atoms with van der Waals surface area (Å²) in [5, 5.41) is 0. The summed E-state index contributed by atoms with van der Waals surface area (Å²) in [6, 6.07) is 13.1. The van der Waals surface area contributed by atoms with Gasteiger partial charge >= 0.3 is 0 Å². The number of hydrogen-bond donors (Lipinski definition) is 2. The Morgan fingerprint density at radius 1 is 1.15 bits per heavy atom. The first-order valence-electron chi connectivity index (χ1n) is 6.65. The molecular weight excluding hydrogens is 319 g/mol. The Morgan fingerprint density at radius 3 is 2.35 bits per heavy atom. The third-order valence-electron chi connectivity index (χ3n) is 3.30. The van der Waals surface area contributed by atoms with Crippen molar-refractivity contribution in [2.75, 3.05) is 0 Å². The molecular formula is C16H18BrFN2. The molecule has 3 N–H and O–H groups in total. The van der Waals surface area contributed by atoms with Crippen molar-refractivity contribution in [1.82, 2.24) is 5.43 Å². The summed E-state index contributed by atoms with van der Waals surface area (Å²) >= 11 is 3.20. The fraction of sp³-hybridized carbons (Fsp3) is 0.250. The average molecular weight is 337 g/mol. The number of aryl methyl sites for hydroxylation is 1. The van der Waals surface area contributed by atoms with Gasteiger partial charge in [-0.05, 0) is 51.2 Å². The molecule has 0 aliphatic carbocycles. The van der Waals surface area contributed by atoms with E-state index in [9.17, 15) is 4.39 Å². The molecule has 1 unspecified atom stereocenters. The zero-order valence-electron chi connectivity index (χ0n) is 11.4. The van der Waals surface area contributed by atoms with Crippen molar-refractivity contribution in [3.05, 3.63) is 69.4 Å². The molecule has 1 atom stereocenters. The van der Waals surface area contributed by atoms with E-state index in [4.69, 9.17) is 5.84 Å². The summed E-state index contributed by atoms with van der Waals surface area (Å²) in [7, 11) is 0. The molecule has 0 spiro atoms. The van der Waals surface area contributed by atoms with Crippen LogP contribution in [0.3, 0.4) is 0 Å². The van der Waals surface area contributed by atoms with Gasteiger partial charge in [-0.25, -0.2) is 9.82 Å². The van der Waals surface area contributed by atoms with E-state index in [1.807, 2.05) is 0 Å². The van der Waals surface area contributed by atoms with E-state index in [1.165, 1.54) is 11.6 Å². The van der Waals surface area contributed by atoms with Gasteiger partial charge in [0, 0.05) is 0 Å². The largest absolute Gasteiger partial charge is 0.271 e. The van der Waals surface area contributed by atoms with Crippen molar-refractivity contribution < 1.29 is 4.39 Å². The van der Waals surface area contributed by atoms with Gasteiger partial charge in [-0.3, -0.25) is 5.84 Å². The minimum atomic E-state index is -0.275. The van der Waals surface area contributed by atoms with Gasteiger partial charge in [0.15, 0.2) is 0 Å². The molecule has 0 radical (unpaired) electrons. The highest BCUT2D eigenvalue weighted by molar-refractivity contribution is 9.10. The number of nitrogens with one attached hydrogen (secondary N) is 1. The average Bonchev–Trinajstić information content (AvgIpc) is 2.46. The second kappa shape index (κ2) is 6.97. The number of hydrazine groups is 1. The zero-order chi connectivity index (χ0) is 14.5. The Labute approximate surface area is 127 Å². The lowest BCUT2D eigenvalue weighted by atomic mass is 9.97. The number of benzene rings is 2. The summed E-state index contributed by atoms with van der Waals surface area (Å²) in [4.78, 5) is 0. The van der Waals surface area contributed by atoms with Crippen molar-refractivity contribution in [2.45, 2.75) is 25.8 Å². The van der Waals surface area contributed by atoms with Crippen LogP contribution >= 0.6 is 15.9 Å². The molecule has 0 bridgehead atoms. The number of hydrogen-bond acceptors (Lipinski definition) is 2. The third-order valence-corrected chi connectivity index (χ3v) is 3.90. The summed E-state index contributed by atoms with van der Waals surface area (Å²) in [6.45, 7) is 2.16. The van der Waals surface area contributed by atoms with Gasteiger partial charge in [0.25, 0.3) is 0 Å². The Balaban J connectivity index is 2.29. The first-order valence-corrected chi connectivity index (χ1v) is 7.45. The summed E-state index contributed by atoms with van der Waals surface area (Å²) < 4.78 is 13.8.